The molecule has 3 aromatic heterocycles. The smallest absolute Gasteiger partial charge is 0.391 e. The zero-order valence-electron chi connectivity index (χ0n) is 23.3. The van der Waals surface area contributed by atoms with Crippen LogP contribution in [-0.2, 0) is 11.8 Å². The molecular weight excluding hydrogens is 578 g/mol. The van der Waals surface area contributed by atoms with Crippen LogP contribution in [0.4, 0.5) is 23.5 Å². The number of nitrogens with one attached hydrogen (secondary N) is 1. The van der Waals surface area contributed by atoms with Crippen LogP contribution in [0.15, 0.2) is 30.7 Å². The zero-order valence-corrected chi connectivity index (χ0v) is 24.0. The van der Waals surface area contributed by atoms with E-state index in [0.29, 0.717) is 41.6 Å². The first-order chi connectivity index (χ1) is 19.6. The van der Waals surface area contributed by atoms with E-state index in [2.05, 4.69) is 30.2 Å². The molecule has 4 aromatic rings. The molecule has 0 radical (unpaired) electrons. The van der Waals surface area contributed by atoms with Gasteiger partial charge in [-0.05, 0) is 59.1 Å². The normalized spacial score (nSPS) is 20.0. The van der Waals surface area contributed by atoms with Gasteiger partial charge in [0, 0.05) is 23.7 Å². The molecule has 1 aliphatic rings. The average molecular weight is 608 g/mol. The van der Waals surface area contributed by atoms with E-state index in [1.807, 2.05) is 13.8 Å². The fourth-order valence-electron chi connectivity index (χ4n) is 5.33. The van der Waals surface area contributed by atoms with E-state index in [4.69, 9.17) is 11.6 Å². The number of imidazole rings is 1. The summed E-state index contributed by atoms with van der Waals surface area (Å²) in [5.41, 5.74) is -0.755. The minimum atomic E-state index is -4.57. The highest BCUT2D eigenvalue weighted by atomic mass is 35.5. The molecule has 42 heavy (non-hydrogen) atoms. The van der Waals surface area contributed by atoms with Crippen molar-refractivity contribution in [2.75, 3.05) is 5.32 Å². The molecule has 5 rings (SSSR count). The molecule has 224 valence electrons. The SMILES string of the molecule is CC(C)n1c(C(C)(C)O)nc2c(F)cc(-c3nc(N[C@@H]4CC[C@@H](c5cnc(C(F)(F)F)cn5)C[C@H]4O)ncc3Cl)cc21. The molecule has 0 saturated heterocycles. The van der Waals surface area contributed by atoms with Gasteiger partial charge in [-0.1, -0.05) is 11.6 Å². The summed E-state index contributed by atoms with van der Waals surface area (Å²) in [4.78, 5) is 20.5. The van der Waals surface area contributed by atoms with Gasteiger partial charge in [0.2, 0.25) is 5.95 Å². The van der Waals surface area contributed by atoms with Crippen molar-refractivity contribution in [3.63, 3.8) is 0 Å². The van der Waals surface area contributed by atoms with Crippen LogP contribution in [0.2, 0.25) is 5.02 Å². The van der Waals surface area contributed by atoms with Gasteiger partial charge in [0.1, 0.15) is 16.9 Å². The van der Waals surface area contributed by atoms with E-state index >= 15 is 4.39 Å². The van der Waals surface area contributed by atoms with Gasteiger partial charge >= 0.3 is 6.18 Å². The van der Waals surface area contributed by atoms with Crippen molar-refractivity contribution in [2.24, 2.45) is 0 Å². The molecule has 14 heteroatoms. The lowest BCUT2D eigenvalue weighted by molar-refractivity contribution is -0.141. The molecular formula is C28H30ClF4N7O2. The van der Waals surface area contributed by atoms with E-state index in [9.17, 15) is 23.4 Å². The Morgan fingerprint density at radius 3 is 2.38 bits per heavy atom. The summed E-state index contributed by atoms with van der Waals surface area (Å²) in [7, 11) is 0. The molecule has 1 aromatic carbocycles. The Bertz CT molecular complexity index is 1600. The second-order valence-corrected chi connectivity index (χ2v) is 11.7. The summed E-state index contributed by atoms with van der Waals surface area (Å²) in [5.74, 6) is -0.367. The van der Waals surface area contributed by atoms with E-state index in [-0.39, 0.29) is 40.6 Å². The van der Waals surface area contributed by atoms with Gasteiger partial charge in [-0.2, -0.15) is 13.2 Å². The summed E-state index contributed by atoms with van der Waals surface area (Å²) in [5, 5.41) is 24.8. The van der Waals surface area contributed by atoms with E-state index in [1.54, 1.807) is 24.5 Å². The van der Waals surface area contributed by atoms with Crippen LogP contribution < -0.4 is 5.32 Å². The number of fused-ring (bicyclic) bond motifs is 1. The van der Waals surface area contributed by atoms with E-state index in [0.717, 1.165) is 6.20 Å². The van der Waals surface area contributed by atoms with Crippen LogP contribution in [0.3, 0.4) is 0 Å². The number of hydrogen-bond acceptors (Lipinski definition) is 8. The van der Waals surface area contributed by atoms with Gasteiger partial charge in [-0.25, -0.2) is 24.3 Å². The molecule has 9 nitrogen and oxygen atoms in total. The van der Waals surface area contributed by atoms with Crippen LogP contribution in [0.25, 0.3) is 22.3 Å². The Balaban J connectivity index is 1.38. The van der Waals surface area contributed by atoms with E-state index < -0.39 is 35.4 Å². The van der Waals surface area contributed by atoms with Crippen LogP contribution in [0, 0.1) is 5.82 Å². The van der Waals surface area contributed by atoms with Gasteiger partial charge in [-0.15, -0.1) is 0 Å². The number of rotatable bonds is 6. The topological polar surface area (TPSA) is 122 Å². The standard InChI is InChI=1S/C28H30ClF4N7O2/c1-13(2)40-20-8-15(7-17(30)24(20)38-25(40)27(3,4)42)23-16(29)10-36-26(39-23)37-18-6-5-14(9-21(18)41)19-11-35-22(12-34-19)28(31,32)33/h7-8,10-14,18,21,41-42H,5-6,9H2,1-4H3,(H,36,37,39)/t14-,18-,21-/m1/s1. The molecule has 0 unspecified atom stereocenters. The predicted octanol–water partition coefficient (Wildman–Crippen LogP) is 6.01. The second-order valence-electron chi connectivity index (χ2n) is 11.3. The summed E-state index contributed by atoms with van der Waals surface area (Å²) < 4.78 is 55.6. The fraction of sp³-hybridized carbons (Fsp3) is 0.464. The number of aliphatic hydroxyl groups is 2. The molecule has 0 spiro atoms. The van der Waals surface area contributed by atoms with Crippen molar-refractivity contribution in [2.45, 2.75) is 82.8 Å². The Morgan fingerprint density at radius 2 is 1.79 bits per heavy atom. The van der Waals surface area contributed by atoms with Gasteiger partial charge in [0.15, 0.2) is 11.5 Å². The van der Waals surface area contributed by atoms with E-state index in [1.165, 1.54) is 12.3 Å². The lowest BCUT2D eigenvalue weighted by Crippen LogP contribution is -2.39. The van der Waals surface area contributed by atoms with Crippen LogP contribution in [-0.4, -0.2) is 51.8 Å². The largest absolute Gasteiger partial charge is 0.434 e. The third-order valence-electron chi connectivity index (χ3n) is 7.34. The fourth-order valence-corrected chi connectivity index (χ4v) is 5.53. The van der Waals surface area contributed by atoms with Crippen molar-refractivity contribution in [3.8, 4) is 11.3 Å². The molecule has 3 N–H and O–H groups in total. The Morgan fingerprint density at radius 1 is 1.05 bits per heavy atom. The third-order valence-corrected chi connectivity index (χ3v) is 7.62. The first-order valence-corrected chi connectivity index (χ1v) is 13.8. The molecule has 0 bridgehead atoms. The van der Waals surface area contributed by atoms with Gasteiger partial charge < -0.3 is 20.1 Å². The van der Waals surface area contributed by atoms with Crippen LogP contribution in [0.5, 0.6) is 0 Å². The number of benzene rings is 1. The molecule has 3 heterocycles. The summed E-state index contributed by atoms with van der Waals surface area (Å²) in [6.07, 6.45) is -0.997. The Kier molecular flexibility index (Phi) is 7.88. The first-order valence-electron chi connectivity index (χ1n) is 13.4. The number of halogens is 5. The monoisotopic (exact) mass is 607 g/mol. The summed E-state index contributed by atoms with van der Waals surface area (Å²) in [6.45, 7) is 6.99. The lowest BCUT2D eigenvalue weighted by Gasteiger charge is -2.33. The molecule has 1 fully saturated rings. The van der Waals surface area contributed by atoms with Gasteiger partial charge in [0.25, 0.3) is 0 Å². The third kappa shape index (κ3) is 5.90. The minimum Gasteiger partial charge on any atom is -0.391 e. The minimum absolute atomic E-state index is 0.116. The lowest BCUT2D eigenvalue weighted by atomic mass is 9.82. The predicted molar refractivity (Wildman–Crippen MR) is 148 cm³/mol. The summed E-state index contributed by atoms with van der Waals surface area (Å²) >= 11 is 6.44. The molecule has 0 aliphatic heterocycles. The Hall–Kier alpha value is -3.42. The van der Waals surface area contributed by atoms with Crippen LogP contribution in [0.1, 0.15) is 76.1 Å². The van der Waals surface area contributed by atoms with Crippen molar-refractivity contribution in [1.82, 2.24) is 29.5 Å². The molecule has 1 aliphatic carbocycles. The van der Waals surface area contributed by atoms with Crippen LogP contribution >= 0.6 is 11.6 Å². The van der Waals surface area contributed by atoms with Crippen molar-refractivity contribution < 1.29 is 27.8 Å². The molecule has 0 amide bonds. The maximum Gasteiger partial charge on any atom is 0.434 e. The highest BCUT2D eigenvalue weighted by Gasteiger charge is 2.35. The number of nitrogens with zero attached hydrogens (tertiary/aromatic N) is 6. The number of hydrogen-bond donors (Lipinski definition) is 3. The highest BCUT2D eigenvalue weighted by molar-refractivity contribution is 6.33. The number of alkyl halides is 3. The van der Waals surface area contributed by atoms with Gasteiger partial charge in [-0.3, -0.25) is 4.98 Å². The maximum absolute atomic E-state index is 15.3. The van der Waals surface area contributed by atoms with Crippen molar-refractivity contribution in [1.29, 1.82) is 0 Å². The van der Waals surface area contributed by atoms with Crippen molar-refractivity contribution in [3.05, 3.63) is 58.8 Å². The highest BCUT2D eigenvalue weighted by Crippen LogP contribution is 2.37. The second kappa shape index (κ2) is 11.0. The van der Waals surface area contributed by atoms with Crippen molar-refractivity contribution >= 4 is 28.6 Å². The average Bonchev–Trinajstić information content (AvgIpc) is 3.32. The number of aromatic nitrogens is 6. The molecule has 3 atom stereocenters. The summed E-state index contributed by atoms with van der Waals surface area (Å²) in [6, 6.07) is 2.41. The molecule has 1 saturated carbocycles. The number of anilines is 1. The van der Waals surface area contributed by atoms with Gasteiger partial charge in [0.05, 0.1) is 46.5 Å². The number of aliphatic hydroxyl groups excluding tert-OH is 1. The first kappa shape index (κ1) is 30.1. The quantitative estimate of drug-likeness (QED) is 0.228. The Labute approximate surface area is 244 Å². The maximum atomic E-state index is 15.3. The zero-order chi connectivity index (χ0) is 30.6.